The minimum absolute atomic E-state index is 0.754. The molecular weight excluding hydrogens is 364 g/mol. The summed E-state index contributed by atoms with van der Waals surface area (Å²) in [5.74, 6) is 2.41. The van der Waals surface area contributed by atoms with E-state index in [0.717, 1.165) is 50.7 Å². The summed E-state index contributed by atoms with van der Waals surface area (Å²) >= 11 is 0. The van der Waals surface area contributed by atoms with E-state index < -0.39 is 0 Å². The van der Waals surface area contributed by atoms with Crippen LogP contribution in [0.4, 0.5) is 5.69 Å². The summed E-state index contributed by atoms with van der Waals surface area (Å²) in [6, 6.07) is 22.0. The van der Waals surface area contributed by atoms with Crippen molar-refractivity contribution in [2.75, 3.05) is 14.2 Å². The van der Waals surface area contributed by atoms with Gasteiger partial charge in [-0.25, -0.2) is 0 Å². The van der Waals surface area contributed by atoms with Crippen LogP contribution in [0.5, 0.6) is 11.5 Å². The molecule has 0 saturated heterocycles. The number of fused-ring (bicyclic) bond motifs is 1. The van der Waals surface area contributed by atoms with E-state index >= 15 is 0 Å². The first-order chi connectivity index (χ1) is 14.3. The van der Waals surface area contributed by atoms with E-state index in [1.54, 1.807) is 14.2 Å². The van der Waals surface area contributed by atoms with Gasteiger partial charge < -0.3 is 14.0 Å². The standard InChI is InChI=1S/C24H19N2O3/c1-27-19-8-3-16(4-9-19)24-21-15-17(5-12-22(21)25-29-24)23-13-14-26(23)18-6-10-20(28-2)11-7-18/h3-15H,1-2H3/q+1. The first-order valence-electron chi connectivity index (χ1n) is 9.29. The molecule has 0 bridgehead atoms. The minimum atomic E-state index is 0.754. The molecule has 2 heterocycles. The summed E-state index contributed by atoms with van der Waals surface area (Å²) < 4.78 is 18.3. The number of hydrogen-bond donors (Lipinski definition) is 0. The van der Waals surface area contributed by atoms with Gasteiger partial charge in [-0.3, -0.25) is 0 Å². The molecule has 0 amide bonds. The van der Waals surface area contributed by atoms with Crippen LogP contribution in [0.1, 0.15) is 5.56 Å². The Labute approximate surface area is 168 Å². The van der Waals surface area contributed by atoms with Crippen molar-refractivity contribution in [3.8, 4) is 22.8 Å². The van der Waals surface area contributed by atoms with Crippen LogP contribution in [0.3, 0.4) is 0 Å². The van der Waals surface area contributed by atoms with Gasteiger partial charge in [-0.15, -0.1) is 0 Å². The van der Waals surface area contributed by atoms with Crippen molar-refractivity contribution < 1.29 is 18.6 Å². The SMILES string of the molecule is COc1ccc(-c2onc3ccc(C4=[N+](c5ccc(OC)cc5)C=C4)cc23)cc1. The second kappa shape index (κ2) is 6.95. The Hall–Kier alpha value is -3.86. The molecule has 5 rings (SSSR count). The summed E-state index contributed by atoms with van der Waals surface area (Å²) in [6.07, 6.45) is 4.16. The van der Waals surface area contributed by atoms with Gasteiger partial charge in [0.1, 0.15) is 17.0 Å². The lowest BCUT2D eigenvalue weighted by molar-refractivity contribution is -0.370. The van der Waals surface area contributed by atoms with Gasteiger partial charge in [-0.2, -0.15) is 4.58 Å². The van der Waals surface area contributed by atoms with Crippen molar-refractivity contribution in [1.29, 1.82) is 0 Å². The number of nitrogens with zero attached hydrogens (tertiary/aromatic N) is 2. The van der Waals surface area contributed by atoms with Crippen LogP contribution in [0.15, 0.2) is 83.5 Å². The molecule has 1 aromatic heterocycles. The summed E-state index contributed by atoms with van der Waals surface area (Å²) in [6.45, 7) is 0. The van der Waals surface area contributed by atoms with E-state index in [1.165, 1.54) is 0 Å². The molecule has 0 radical (unpaired) electrons. The van der Waals surface area contributed by atoms with Gasteiger partial charge in [-0.1, -0.05) is 5.16 Å². The zero-order chi connectivity index (χ0) is 19.8. The number of methoxy groups -OCH3 is 2. The number of allylic oxidation sites excluding steroid dienone is 1. The topological polar surface area (TPSA) is 47.5 Å². The van der Waals surface area contributed by atoms with Gasteiger partial charge >= 0.3 is 0 Å². The van der Waals surface area contributed by atoms with Gasteiger partial charge in [0.15, 0.2) is 12.0 Å². The molecule has 0 saturated carbocycles. The van der Waals surface area contributed by atoms with Gasteiger partial charge in [0.05, 0.1) is 25.7 Å². The smallest absolute Gasteiger partial charge is 0.224 e. The van der Waals surface area contributed by atoms with Crippen molar-refractivity contribution in [2.45, 2.75) is 0 Å². The van der Waals surface area contributed by atoms with Crippen LogP contribution in [0, 0.1) is 0 Å². The van der Waals surface area contributed by atoms with E-state index in [1.807, 2.05) is 54.6 Å². The molecule has 5 heteroatoms. The van der Waals surface area contributed by atoms with E-state index in [2.05, 4.69) is 34.1 Å². The maximum absolute atomic E-state index is 5.65. The first kappa shape index (κ1) is 17.3. The van der Waals surface area contributed by atoms with Crippen molar-refractivity contribution in [3.05, 3.63) is 84.6 Å². The van der Waals surface area contributed by atoms with Crippen LogP contribution in [-0.2, 0) is 0 Å². The highest BCUT2D eigenvalue weighted by atomic mass is 16.5. The van der Waals surface area contributed by atoms with E-state index in [0.29, 0.717) is 0 Å². The zero-order valence-electron chi connectivity index (χ0n) is 16.1. The Kier molecular flexibility index (Phi) is 4.13. The zero-order valence-corrected chi connectivity index (χ0v) is 16.1. The predicted octanol–water partition coefficient (Wildman–Crippen LogP) is 5.17. The molecule has 5 nitrogen and oxygen atoms in total. The van der Waals surface area contributed by atoms with Crippen molar-refractivity contribution in [3.63, 3.8) is 0 Å². The van der Waals surface area contributed by atoms with Crippen LogP contribution < -0.4 is 9.47 Å². The number of hydrogen-bond acceptors (Lipinski definition) is 4. The lowest BCUT2D eigenvalue weighted by Gasteiger charge is -2.10. The number of benzene rings is 3. The summed E-state index contributed by atoms with van der Waals surface area (Å²) in [5, 5.41) is 5.20. The lowest BCUT2D eigenvalue weighted by Crippen LogP contribution is -2.19. The molecule has 29 heavy (non-hydrogen) atoms. The van der Waals surface area contributed by atoms with Crippen LogP contribution in [0.25, 0.3) is 22.2 Å². The van der Waals surface area contributed by atoms with Crippen molar-refractivity contribution >= 4 is 22.3 Å². The molecule has 0 fully saturated rings. The van der Waals surface area contributed by atoms with Crippen LogP contribution >= 0.6 is 0 Å². The van der Waals surface area contributed by atoms with Gasteiger partial charge in [0, 0.05) is 23.3 Å². The second-order valence-electron chi connectivity index (χ2n) is 6.74. The Morgan fingerprint density at radius 1 is 0.793 bits per heavy atom. The van der Waals surface area contributed by atoms with E-state index in [-0.39, 0.29) is 0 Å². The fourth-order valence-corrected chi connectivity index (χ4v) is 3.48. The second-order valence-corrected chi connectivity index (χ2v) is 6.74. The number of ether oxygens (including phenoxy) is 2. The summed E-state index contributed by atoms with van der Waals surface area (Å²) in [4.78, 5) is 0. The lowest BCUT2D eigenvalue weighted by atomic mass is 10.0. The number of aromatic nitrogens is 1. The van der Waals surface area contributed by atoms with Crippen molar-refractivity contribution in [2.24, 2.45) is 0 Å². The molecule has 0 unspecified atom stereocenters. The van der Waals surface area contributed by atoms with Crippen molar-refractivity contribution in [1.82, 2.24) is 5.16 Å². The monoisotopic (exact) mass is 383 g/mol. The highest BCUT2D eigenvalue weighted by Crippen LogP contribution is 2.32. The molecule has 0 atom stereocenters. The van der Waals surface area contributed by atoms with E-state index in [4.69, 9.17) is 14.0 Å². The Morgan fingerprint density at radius 2 is 1.45 bits per heavy atom. The maximum Gasteiger partial charge on any atom is 0.224 e. The molecule has 142 valence electrons. The molecule has 1 aliphatic heterocycles. The third-order valence-corrected chi connectivity index (χ3v) is 5.12. The molecule has 0 spiro atoms. The molecule has 0 N–H and O–H groups in total. The fraction of sp³-hybridized carbons (Fsp3) is 0.0833. The molecular formula is C24H19N2O3+. The molecule has 1 aliphatic rings. The van der Waals surface area contributed by atoms with Gasteiger partial charge in [0.25, 0.3) is 0 Å². The van der Waals surface area contributed by atoms with Crippen LogP contribution in [-0.4, -0.2) is 29.7 Å². The largest absolute Gasteiger partial charge is 0.497 e. The van der Waals surface area contributed by atoms with Gasteiger partial charge in [0.2, 0.25) is 11.4 Å². The predicted molar refractivity (Wildman–Crippen MR) is 112 cm³/mol. The average molecular weight is 383 g/mol. The maximum atomic E-state index is 5.65. The minimum Gasteiger partial charge on any atom is -0.497 e. The highest BCUT2D eigenvalue weighted by molar-refractivity contribution is 6.10. The molecule has 0 aliphatic carbocycles. The highest BCUT2D eigenvalue weighted by Gasteiger charge is 2.25. The normalized spacial score (nSPS) is 12.9. The van der Waals surface area contributed by atoms with Gasteiger partial charge in [-0.05, 0) is 54.6 Å². The summed E-state index contributed by atoms with van der Waals surface area (Å²) in [7, 11) is 3.33. The Bertz CT molecular complexity index is 1250. The first-order valence-corrected chi connectivity index (χ1v) is 9.29. The summed E-state index contributed by atoms with van der Waals surface area (Å²) in [5.41, 5.74) is 5.11. The quantitative estimate of drug-likeness (QED) is 0.446. The molecule has 4 aromatic rings. The number of rotatable bonds is 5. The third kappa shape index (κ3) is 2.97. The molecule has 3 aromatic carbocycles. The Balaban J connectivity index is 1.55. The van der Waals surface area contributed by atoms with Crippen LogP contribution in [0.2, 0.25) is 0 Å². The Morgan fingerprint density at radius 3 is 2.07 bits per heavy atom. The third-order valence-electron chi connectivity index (χ3n) is 5.12. The fourth-order valence-electron chi connectivity index (χ4n) is 3.48. The van der Waals surface area contributed by atoms with E-state index in [9.17, 15) is 0 Å². The average Bonchev–Trinajstić information content (AvgIpc) is 3.17.